The van der Waals surface area contributed by atoms with Crippen LogP contribution in [0.4, 0.5) is 0 Å². The van der Waals surface area contributed by atoms with Crippen LogP contribution in [0.15, 0.2) is 29.3 Å². The Morgan fingerprint density at radius 2 is 1.96 bits per heavy atom. The highest BCUT2D eigenvalue weighted by atomic mass is 127. The smallest absolute Gasteiger partial charge is 0.190 e. The number of rotatable bonds is 8. The molecule has 5 nitrogen and oxygen atoms in total. The Labute approximate surface area is 182 Å². The predicted octanol–water partition coefficient (Wildman–Crippen LogP) is 3.70. The van der Waals surface area contributed by atoms with Crippen LogP contribution < -0.4 is 15.4 Å². The first-order valence-electron chi connectivity index (χ1n) is 9.93. The maximum Gasteiger partial charge on any atom is 0.190 e. The molecule has 6 heteroatoms. The molecule has 1 unspecified atom stereocenters. The Bertz CT molecular complexity index is 559. The molecule has 1 atom stereocenters. The molecule has 1 aliphatic rings. The molecule has 1 aliphatic heterocycles. The second-order valence-electron chi connectivity index (χ2n) is 7.40. The van der Waals surface area contributed by atoms with Gasteiger partial charge in [0.2, 0.25) is 0 Å². The number of para-hydroxylation sites is 1. The van der Waals surface area contributed by atoms with Gasteiger partial charge in [-0.1, -0.05) is 32.0 Å². The van der Waals surface area contributed by atoms with Gasteiger partial charge in [-0.05, 0) is 56.4 Å². The molecule has 1 fully saturated rings. The minimum atomic E-state index is 0. The highest BCUT2D eigenvalue weighted by Gasteiger charge is 2.15. The molecule has 0 saturated carbocycles. The van der Waals surface area contributed by atoms with Gasteiger partial charge in [0.15, 0.2) is 5.96 Å². The van der Waals surface area contributed by atoms with Crippen LogP contribution in [0.1, 0.15) is 44.6 Å². The quantitative estimate of drug-likeness (QED) is 0.254. The summed E-state index contributed by atoms with van der Waals surface area (Å²) in [6.45, 7) is 10.0. The van der Waals surface area contributed by atoms with Crippen molar-refractivity contribution in [3.05, 3.63) is 29.8 Å². The highest BCUT2D eigenvalue weighted by molar-refractivity contribution is 14.0. The minimum Gasteiger partial charge on any atom is -0.496 e. The lowest BCUT2D eigenvalue weighted by Gasteiger charge is -2.30. The standard InChI is InChI=1S/C21H36N4O.HI/c1-17-10-14-25(15-11-17)13-7-12-23-21(22-3)24-16-18(2)19-8-5-6-9-20(19)26-4;/h5-6,8-9,17-18H,7,10-16H2,1-4H3,(H2,22,23,24);1H. The zero-order valence-corrected chi connectivity index (χ0v) is 19.7. The van der Waals surface area contributed by atoms with Gasteiger partial charge in [-0.15, -0.1) is 24.0 Å². The lowest BCUT2D eigenvalue weighted by molar-refractivity contribution is 0.191. The molecule has 0 amide bonds. The van der Waals surface area contributed by atoms with Crippen LogP contribution in [0.2, 0.25) is 0 Å². The third kappa shape index (κ3) is 8.25. The Morgan fingerprint density at radius 3 is 2.63 bits per heavy atom. The normalized spacial score (nSPS) is 17.1. The molecule has 1 saturated heterocycles. The number of methoxy groups -OCH3 is 1. The van der Waals surface area contributed by atoms with E-state index in [0.717, 1.165) is 37.1 Å². The maximum absolute atomic E-state index is 5.46. The summed E-state index contributed by atoms with van der Waals surface area (Å²) in [5.41, 5.74) is 1.22. The van der Waals surface area contributed by atoms with Gasteiger partial charge in [-0.3, -0.25) is 4.99 Å². The van der Waals surface area contributed by atoms with Crippen molar-refractivity contribution in [3.8, 4) is 5.75 Å². The van der Waals surface area contributed by atoms with E-state index in [9.17, 15) is 0 Å². The summed E-state index contributed by atoms with van der Waals surface area (Å²) < 4.78 is 5.46. The second kappa shape index (κ2) is 13.2. The number of aliphatic imine (C=N–C) groups is 1. The summed E-state index contributed by atoms with van der Waals surface area (Å²) in [4.78, 5) is 6.93. The van der Waals surface area contributed by atoms with Gasteiger partial charge in [-0.25, -0.2) is 0 Å². The summed E-state index contributed by atoms with van der Waals surface area (Å²) in [6.07, 6.45) is 3.84. The molecule has 1 aromatic carbocycles. The molecule has 1 heterocycles. The number of halogens is 1. The van der Waals surface area contributed by atoms with Crippen molar-refractivity contribution >= 4 is 29.9 Å². The van der Waals surface area contributed by atoms with E-state index in [1.165, 1.54) is 38.0 Å². The van der Waals surface area contributed by atoms with Gasteiger partial charge in [0.1, 0.15) is 5.75 Å². The van der Waals surface area contributed by atoms with Crippen LogP contribution in [-0.4, -0.2) is 57.7 Å². The van der Waals surface area contributed by atoms with Crippen molar-refractivity contribution in [2.45, 2.75) is 39.0 Å². The summed E-state index contributed by atoms with van der Waals surface area (Å²) in [5.74, 6) is 3.07. The molecule has 1 aromatic rings. The average Bonchev–Trinajstić information content (AvgIpc) is 2.68. The Balaban J connectivity index is 0.00000364. The molecule has 2 N–H and O–H groups in total. The summed E-state index contributed by atoms with van der Waals surface area (Å²) >= 11 is 0. The van der Waals surface area contributed by atoms with Crippen molar-refractivity contribution < 1.29 is 4.74 Å². The van der Waals surface area contributed by atoms with E-state index in [1.54, 1.807) is 7.11 Å². The molecule has 27 heavy (non-hydrogen) atoms. The van der Waals surface area contributed by atoms with E-state index >= 15 is 0 Å². The zero-order chi connectivity index (χ0) is 18.8. The van der Waals surface area contributed by atoms with E-state index in [-0.39, 0.29) is 24.0 Å². The summed E-state index contributed by atoms with van der Waals surface area (Å²) in [7, 11) is 3.55. The van der Waals surface area contributed by atoms with Gasteiger partial charge in [0.25, 0.3) is 0 Å². The summed E-state index contributed by atoms with van der Waals surface area (Å²) in [5, 5.41) is 6.87. The minimum absolute atomic E-state index is 0. The number of likely N-dealkylation sites (tertiary alicyclic amines) is 1. The van der Waals surface area contributed by atoms with Gasteiger partial charge in [-0.2, -0.15) is 0 Å². The van der Waals surface area contributed by atoms with Gasteiger partial charge in [0.05, 0.1) is 7.11 Å². The first-order valence-corrected chi connectivity index (χ1v) is 9.93. The molecule has 0 radical (unpaired) electrons. The SMILES string of the molecule is CN=C(NCCCN1CCC(C)CC1)NCC(C)c1ccccc1OC.I. The lowest BCUT2D eigenvalue weighted by Crippen LogP contribution is -2.41. The Morgan fingerprint density at radius 1 is 1.26 bits per heavy atom. The second-order valence-corrected chi connectivity index (χ2v) is 7.40. The molecule has 2 rings (SSSR count). The van der Waals surface area contributed by atoms with E-state index in [1.807, 2.05) is 19.2 Å². The van der Waals surface area contributed by atoms with E-state index in [0.29, 0.717) is 5.92 Å². The van der Waals surface area contributed by atoms with Crippen LogP contribution in [0.5, 0.6) is 5.75 Å². The Hall–Kier alpha value is -1.02. The molecule has 154 valence electrons. The zero-order valence-electron chi connectivity index (χ0n) is 17.3. The third-order valence-corrected chi connectivity index (χ3v) is 5.29. The van der Waals surface area contributed by atoms with E-state index in [2.05, 4.69) is 46.5 Å². The van der Waals surface area contributed by atoms with Crippen molar-refractivity contribution in [2.24, 2.45) is 10.9 Å². The van der Waals surface area contributed by atoms with Crippen LogP contribution in [0.3, 0.4) is 0 Å². The number of hydrogen-bond donors (Lipinski definition) is 2. The number of piperidine rings is 1. The molecular formula is C21H37IN4O. The van der Waals surface area contributed by atoms with Crippen LogP contribution >= 0.6 is 24.0 Å². The van der Waals surface area contributed by atoms with E-state index in [4.69, 9.17) is 4.74 Å². The number of ether oxygens (including phenoxy) is 1. The fraction of sp³-hybridized carbons (Fsp3) is 0.667. The van der Waals surface area contributed by atoms with Crippen molar-refractivity contribution in [2.75, 3.05) is 46.9 Å². The van der Waals surface area contributed by atoms with E-state index < -0.39 is 0 Å². The predicted molar refractivity (Wildman–Crippen MR) is 126 cm³/mol. The lowest BCUT2D eigenvalue weighted by atomic mass is 9.99. The molecule has 0 aliphatic carbocycles. The van der Waals surface area contributed by atoms with Crippen molar-refractivity contribution in [1.82, 2.24) is 15.5 Å². The highest BCUT2D eigenvalue weighted by Crippen LogP contribution is 2.25. The van der Waals surface area contributed by atoms with Crippen LogP contribution in [-0.2, 0) is 0 Å². The summed E-state index contributed by atoms with van der Waals surface area (Å²) in [6, 6.07) is 8.20. The molecule has 0 spiro atoms. The molecular weight excluding hydrogens is 451 g/mol. The first kappa shape index (κ1) is 24.0. The maximum atomic E-state index is 5.46. The van der Waals surface area contributed by atoms with Crippen LogP contribution in [0.25, 0.3) is 0 Å². The number of nitrogens with one attached hydrogen (secondary N) is 2. The molecule has 0 bridgehead atoms. The monoisotopic (exact) mass is 488 g/mol. The average molecular weight is 488 g/mol. The fourth-order valence-corrected chi connectivity index (χ4v) is 3.45. The number of guanidine groups is 1. The number of nitrogens with zero attached hydrogens (tertiary/aromatic N) is 2. The number of hydrogen-bond acceptors (Lipinski definition) is 3. The largest absolute Gasteiger partial charge is 0.496 e. The van der Waals surface area contributed by atoms with Gasteiger partial charge in [0, 0.05) is 26.1 Å². The van der Waals surface area contributed by atoms with Crippen molar-refractivity contribution in [1.29, 1.82) is 0 Å². The van der Waals surface area contributed by atoms with Gasteiger partial charge >= 0.3 is 0 Å². The topological polar surface area (TPSA) is 48.9 Å². The Kier molecular flexibility index (Phi) is 11.7. The van der Waals surface area contributed by atoms with Crippen LogP contribution in [0, 0.1) is 5.92 Å². The third-order valence-electron chi connectivity index (χ3n) is 5.29. The van der Waals surface area contributed by atoms with Crippen molar-refractivity contribution in [3.63, 3.8) is 0 Å². The first-order chi connectivity index (χ1) is 12.6. The van der Waals surface area contributed by atoms with Gasteiger partial charge < -0.3 is 20.3 Å². The fourth-order valence-electron chi connectivity index (χ4n) is 3.45. The molecule has 0 aromatic heterocycles. The number of benzene rings is 1.